The lowest BCUT2D eigenvalue weighted by molar-refractivity contribution is -0.145. The lowest BCUT2D eigenvalue weighted by atomic mass is 9.75. The fourth-order valence-corrected chi connectivity index (χ4v) is 3.33. The van der Waals surface area contributed by atoms with E-state index in [-0.39, 0.29) is 5.41 Å². The van der Waals surface area contributed by atoms with Crippen molar-refractivity contribution in [2.24, 2.45) is 5.41 Å². The number of carbonyl (C=O) groups excluding carboxylic acids is 1. The fourth-order valence-electron chi connectivity index (χ4n) is 3.33. The third kappa shape index (κ3) is 3.25. The molecule has 3 nitrogen and oxygen atoms in total. The first-order valence-electron chi connectivity index (χ1n) is 7.59. The molecule has 1 saturated heterocycles. The van der Waals surface area contributed by atoms with Crippen molar-refractivity contribution in [3.63, 3.8) is 0 Å². The molecule has 0 saturated carbocycles. The highest BCUT2D eigenvalue weighted by molar-refractivity contribution is 5.83. The molecule has 0 aromatic rings. The van der Waals surface area contributed by atoms with Gasteiger partial charge in [-0.25, -0.2) is 0 Å². The molecule has 1 rings (SSSR count). The van der Waals surface area contributed by atoms with E-state index in [0.717, 1.165) is 51.6 Å². The highest BCUT2D eigenvalue weighted by Gasteiger charge is 2.41. The number of amides is 1. The molecule has 1 unspecified atom stereocenters. The van der Waals surface area contributed by atoms with Crippen LogP contribution in [0.25, 0.3) is 0 Å². The maximum absolute atomic E-state index is 12.9. The number of carbonyl (C=O) groups is 1. The van der Waals surface area contributed by atoms with Gasteiger partial charge in [-0.1, -0.05) is 27.2 Å². The second-order valence-electron chi connectivity index (χ2n) is 5.70. The van der Waals surface area contributed by atoms with Crippen molar-refractivity contribution in [3.8, 4) is 0 Å². The van der Waals surface area contributed by atoms with E-state index in [2.05, 4.69) is 26.1 Å². The number of hydrogen-bond acceptors (Lipinski definition) is 2. The van der Waals surface area contributed by atoms with Crippen molar-refractivity contribution in [3.05, 3.63) is 0 Å². The summed E-state index contributed by atoms with van der Waals surface area (Å²) < 4.78 is 0. The predicted octanol–water partition coefficient (Wildman–Crippen LogP) is 2.80. The summed E-state index contributed by atoms with van der Waals surface area (Å²) in [6.07, 6.45) is 6.38. The molecule has 0 aromatic carbocycles. The van der Waals surface area contributed by atoms with Gasteiger partial charge in [0.05, 0.1) is 5.41 Å². The molecule has 0 spiro atoms. The third-order valence-corrected chi connectivity index (χ3v) is 4.47. The quantitative estimate of drug-likeness (QED) is 0.790. The Labute approximate surface area is 112 Å². The number of nitrogens with one attached hydrogen (secondary N) is 1. The van der Waals surface area contributed by atoms with Crippen LogP contribution in [0.15, 0.2) is 0 Å². The van der Waals surface area contributed by atoms with E-state index in [1.807, 2.05) is 11.9 Å². The SMILES string of the molecule is CCCC1(C(=O)N(C)C(CC)CC)CCCNC1. The van der Waals surface area contributed by atoms with E-state index in [1.54, 1.807) is 0 Å². The zero-order valence-corrected chi connectivity index (χ0v) is 12.6. The van der Waals surface area contributed by atoms with Crippen molar-refractivity contribution in [1.29, 1.82) is 0 Å². The summed E-state index contributed by atoms with van der Waals surface area (Å²) in [5, 5.41) is 3.42. The van der Waals surface area contributed by atoms with Crippen LogP contribution in [-0.2, 0) is 4.79 Å². The van der Waals surface area contributed by atoms with E-state index in [9.17, 15) is 4.79 Å². The van der Waals surface area contributed by atoms with Crippen molar-refractivity contribution < 1.29 is 4.79 Å². The molecule has 1 heterocycles. The molecule has 18 heavy (non-hydrogen) atoms. The first-order chi connectivity index (χ1) is 8.61. The van der Waals surface area contributed by atoms with Gasteiger partial charge < -0.3 is 10.2 Å². The Morgan fingerprint density at radius 3 is 2.44 bits per heavy atom. The Hall–Kier alpha value is -0.570. The van der Waals surface area contributed by atoms with Gasteiger partial charge in [0.2, 0.25) is 5.91 Å². The molecule has 106 valence electrons. The minimum Gasteiger partial charge on any atom is -0.342 e. The van der Waals surface area contributed by atoms with Crippen LogP contribution in [0.3, 0.4) is 0 Å². The predicted molar refractivity (Wildman–Crippen MR) is 76.6 cm³/mol. The van der Waals surface area contributed by atoms with E-state index in [4.69, 9.17) is 0 Å². The molecular weight excluding hydrogens is 224 g/mol. The number of piperidine rings is 1. The first kappa shape index (κ1) is 15.5. The monoisotopic (exact) mass is 254 g/mol. The van der Waals surface area contributed by atoms with E-state index >= 15 is 0 Å². The maximum atomic E-state index is 12.9. The van der Waals surface area contributed by atoms with E-state index in [0.29, 0.717) is 11.9 Å². The molecule has 1 aliphatic heterocycles. The van der Waals surface area contributed by atoms with Crippen molar-refractivity contribution in [2.75, 3.05) is 20.1 Å². The molecule has 1 fully saturated rings. The van der Waals surface area contributed by atoms with Gasteiger partial charge in [0.1, 0.15) is 0 Å². The summed E-state index contributed by atoms with van der Waals surface area (Å²) in [6, 6.07) is 0.396. The molecule has 0 bridgehead atoms. The van der Waals surface area contributed by atoms with Crippen LogP contribution in [0.4, 0.5) is 0 Å². The number of rotatable bonds is 6. The van der Waals surface area contributed by atoms with Gasteiger partial charge in [-0.05, 0) is 38.6 Å². The van der Waals surface area contributed by atoms with Gasteiger partial charge in [-0.2, -0.15) is 0 Å². The summed E-state index contributed by atoms with van der Waals surface area (Å²) >= 11 is 0. The largest absolute Gasteiger partial charge is 0.342 e. The van der Waals surface area contributed by atoms with Gasteiger partial charge in [-0.3, -0.25) is 4.79 Å². The Morgan fingerprint density at radius 1 is 1.33 bits per heavy atom. The summed E-state index contributed by atoms with van der Waals surface area (Å²) in [6.45, 7) is 8.45. The van der Waals surface area contributed by atoms with Gasteiger partial charge in [-0.15, -0.1) is 0 Å². The van der Waals surface area contributed by atoms with Gasteiger partial charge in [0.15, 0.2) is 0 Å². The smallest absolute Gasteiger partial charge is 0.230 e. The van der Waals surface area contributed by atoms with Gasteiger partial charge in [0, 0.05) is 19.6 Å². The Kier molecular flexibility index (Phi) is 6.13. The second kappa shape index (κ2) is 7.13. The number of nitrogens with zero attached hydrogens (tertiary/aromatic N) is 1. The maximum Gasteiger partial charge on any atom is 0.230 e. The van der Waals surface area contributed by atoms with E-state index < -0.39 is 0 Å². The van der Waals surface area contributed by atoms with Crippen LogP contribution in [0.1, 0.15) is 59.3 Å². The molecule has 1 atom stereocenters. The normalized spacial score (nSPS) is 24.3. The van der Waals surface area contributed by atoms with Gasteiger partial charge in [0.25, 0.3) is 0 Å². The molecule has 3 heteroatoms. The van der Waals surface area contributed by atoms with Crippen LogP contribution >= 0.6 is 0 Å². The Balaban J connectivity index is 2.81. The summed E-state index contributed by atoms with van der Waals surface area (Å²) in [5.74, 6) is 0.366. The minimum atomic E-state index is -0.135. The average Bonchev–Trinajstić information content (AvgIpc) is 2.40. The molecule has 0 aliphatic carbocycles. The summed E-state index contributed by atoms with van der Waals surface area (Å²) in [5.41, 5.74) is -0.135. The highest BCUT2D eigenvalue weighted by Crippen LogP contribution is 2.34. The summed E-state index contributed by atoms with van der Waals surface area (Å²) in [4.78, 5) is 14.9. The van der Waals surface area contributed by atoms with Crippen LogP contribution in [0, 0.1) is 5.41 Å². The summed E-state index contributed by atoms with van der Waals surface area (Å²) in [7, 11) is 1.99. The third-order valence-electron chi connectivity index (χ3n) is 4.47. The van der Waals surface area contributed by atoms with Gasteiger partial charge >= 0.3 is 0 Å². The van der Waals surface area contributed by atoms with Crippen LogP contribution in [0.2, 0.25) is 0 Å². The van der Waals surface area contributed by atoms with Crippen LogP contribution < -0.4 is 5.32 Å². The second-order valence-corrected chi connectivity index (χ2v) is 5.70. The molecule has 1 N–H and O–H groups in total. The molecule has 1 aliphatic rings. The zero-order chi connectivity index (χ0) is 13.6. The average molecular weight is 254 g/mol. The first-order valence-corrected chi connectivity index (χ1v) is 7.59. The lowest BCUT2D eigenvalue weighted by Crippen LogP contribution is -2.53. The van der Waals surface area contributed by atoms with Crippen molar-refractivity contribution in [2.45, 2.75) is 65.3 Å². The zero-order valence-electron chi connectivity index (χ0n) is 12.6. The van der Waals surface area contributed by atoms with Crippen molar-refractivity contribution in [1.82, 2.24) is 10.2 Å². The standard InChI is InChI=1S/C15H30N2O/c1-5-9-15(10-8-11-16-12-15)14(18)17(4)13(6-2)7-3/h13,16H,5-12H2,1-4H3. The van der Waals surface area contributed by atoms with Crippen LogP contribution in [-0.4, -0.2) is 37.0 Å². The molecule has 0 aromatic heterocycles. The topological polar surface area (TPSA) is 32.3 Å². The number of hydrogen-bond donors (Lipinski definition) is 1. The van der Waals surface area contributed by atoms with Crippen molar-refractivity contribution >= 4 is 5.91 Å². The highest BCUT2D eigenvalue weighted by atomic mass is 16.2. The molecule has 1 amide bonds. The van der Waals surface area contributed by atoms with Crippen LogP contribution in [0.5, 0.6) is 0 Å². The lowest BCUT2D eigenvalue weighted by Gasteiger charge is -2.41. The Bertz CT molecular complexity index is 250. The minimum absolute atomic E-state index is 0.135. The molecular formula is C15H30N2O. The molecule has 0 radical (unpaired) electrons. The van der Waals surface area contributed by atoms with E-state index in [1.165, 1.54) is 0 Å². The Morgan fingerprint density at radius 2 is 2.00 bits per heavy atom. The fraction of sp³-hybridized carbons (Fsp3) is 0.933.